The quantitative estimate of drug-likeness (QED) is 0.414. The third-order valence-corrected chi connectivity index (χ3v) is 5.44. The summed E-state index contributed by atoms with van der Waals surface area (Å²) in [6.07, 6.45) is 1.83. The Labute approximate surface area is 168 Å². The molecule has 0 fully saturated rings. The first-order valence-corrected chi connectivity index (χ1v) is 9.49. The van der Waals surface area contributed by atoms with Gasteiger partial charge in [0.15, 0.2) is 0 Å². The van der Waals surface area contributed by atoms with Crippen LogP contribution in [0.2, 0.25) is 0 Å². The van der Waals surface area contributed by atoms with Gasteiger partial charge in [-0.15, -0.1) is 0 Å². The van der Waals surface area contributed by atoms with Crippen molar-refractivity contribution >= 4 is 27.3 Å². The molecular formula is C20H14BrN3O4. The monoisotopic (exact) mass is 439 g/mol. The highest BCUT2D eigenvalue weighted by Crippen LogP contribution is 2.48. The average Bonchev–Trinajstić information content (AvgIpc) is 3.37. The van der Waals surface area contributed by atoms with Crippen molar-refractivity contribution in [3.05, 3.63) is 92.3 Å². The SMILES string of the molecule is O=[N+]([O-])c1ccc([C@@H]2Oc3ccc(Br)cc3[C@H]3CC(c4ccco4)=NN32)cc1. The minimum absolute atomic E-state index is 0.0125. The minimum atomic E-state index is -0.480. The van der Waals surface area contributed by atoms with E-state index in [0.29, 0.717) is 6.42 Å². The molecule has 2 aliphatic rings. The van der Waals surface area contributed by atoms with Crippen LogP contribution in [0.25, 0.3) is 0 Å². The van der Waals surface area contributed by atoms with Crippen LogP contribution in [0.1, 0.15) is 35.6 Å². The summed E-state index contributed by atoms with van der Waals surface area (Å²) in [6.45, 7) is 0. The molecule has 0 radical (unpaired) electrons. The van der Waals surface area contributed by atoms with Gasteiger partial charge in [0.05, 0.1) is 17.2 Å². The lowest BCUT2D eigenvalue weighted by atomic mass is 9.97. The highest BCUT2D eigenvalue weighted by molar-refractivity contribution is 9.10. The zero-order valence-corrected chi connectivity index (χ0v) is 16.1. The summed E-state index contributed by atoms with van der Waals surface area (Å²) in [4.78, 5) is 10.6. The van der Waals surface area contributed by atoms with Crippen LogP contribution in [0.15, 0.2) is 74.9 Å². The number of hydrazone groups is 1. The molecule has 2 atom stereocenters. The fourth-order valence-electron chi connectivity index (χ4n) is 3.63. The van der Waals surface area contributed by atoms with Gasteiger partial charge >= 0.3 is 0 Å². The first-order valence-electron chi connectivity index (χ1n) is 8.70. The molecular weight excluding hydrogens is 426 g/mol. The molecule has 0 unspecified atom stereocenters. The number of fused-ring (bicyclic) bond motifs is 3. The van der Waals surface area contributed by atoms with E-state index in [4.69, 9.17) is 14.3 Å². The molecule has 3 aromatic rings. The Morgan fingerprint density at radius 2 is 2.00 bits per heavy atom. The number of nitro groups is 1. The van der Waals surface area contributed by atoms with Crippen molar-refractivity contribution in [2.45, 2.75) is 18.7 Å². The Morgan fingerprint density at radius 1 is 1.18 bits per heavy atom. The number of furan rings is 1. The fraction of sp³-hybridized carbons (Fsp3) is 0.150. The van der Waals surface area contributed by atoms with Crippen molar-refractivity contribution < 1.29 is 14.1 Å². The van der Waals surface area contributed by atoms with Gasteiger partial charge in [0.1, 0.15) is 17.2 Å². The number of non-ortho nitro benzene ring substituents is 1. The molecule has 2 aromatic carbocycles. The first kappa shape index (κ1) is 17.0. The second kappa shape index (κ2) is 6.49. The molecule has 1 aromatic heterocycles. The van der Waals surface area contributed by atoms with Gasteiger partial charge < -0.3 is 9.15 Å². The van der Waals surface area contributed by atoms with Gasteiger partial charge in [0.2, 0.25) is 6.23 Å². The van der Waals surface area contributed by atoms with Gasteiger partial charge in [-0.05, 0) is 42.5 Å². The van der Waals surface area contributed by atoms with Gasteiger partial charge in [-0.3, -0.25) is 10.1 Å². The van der Waals surface area contributed by atoms with Crippen LogP contribution in [0, 0.1) is 10.1 Å². The van der Waals surface area contributed by atoms with E-state index in [-0.39, 0.29) is 11.7 Å². The normalized spacial score (nSPS) is 20.2. The number of nitro benzene ring substituents is 1. The molecule has 0 amide bonds. The standard InChI is InChI=1S/C20H14BrN3O4/c21-13-5-8-18-15(10-13)17-11-16(19-2-1-9-27-19)22-23(17)20(28-18)12-3-6-14(7-4-12)24(25)26/h1-10,17,20H,11H2/t17-,20+/m1/s1. The number of rotatable bonds is 3. The molecule has 5 rings (SSSR count). The number of nitrogens with zero attached hydrogens (tertiary/aromatic N) is 3. The molecule has 3 heterocycles. The van der Waals surface area contributed by atoms with Crippen LogP contribution in [-0.4, -0.2) is 15.6 Å². The van der Waals surface area contributed by atoms with Crippen molar-refractivity contribution in [1.82, 2.24) is 5.01 Å². The van der Waals surface area contributed by atoms with E-state index in [1.807, 2.05) is 35.3 Å². The summed E-state index contributed by atoms with van der Waals surface area (Å²) in [5.74, 6) is 1.51. The number of hydrogen-bond donors (Lipinski definition) is 0. The van der Waals surface area contributed by atoms with Crippen molar-refractivity contribution in [2.24, 2.45) is 5.10 Å². The van der Waals surface area contributed by atoms with Crippen molar-refractivity contribution in [3.8, 4) is 5.75 Å². The third kappa shape index (κ3) is 2.77. The maximum absolute atomic E-state index is 11.0. The lowest BCUT2D eigenvalue weighted by Crippen LogP contribution is -2.33. The van der Waals surface area contributed by atoms with E-state index in [1.165, 1.54) is 12.1 Å². The molecule has 0 saturated heterocycles. The molecule has 7 nitrogen and oxygen atoms in total. The van der Waals surface area contributed by atoms with Crippen LogP contribution < -0.4 is 4.74 Å². The number of ether oxygens (including phenoxy) is 1. The van der Waals surface area contributed by atoms with E-state index in [2.05, 4.69) is 15.9 Å². The van der Waals surface area contributed by atoms with Crippen LogP contribution >= 0.6 is 15.9 Å². The van der Waals surface area contributed by atoms with Crippen molar-refractivity contribution in [1.29, 1.82) is 0 Å². The summed E-state index contributed by atoms with van der Waals surface area (Å²) in [5.41, 5.74) is 2.73. The maximum Gasteiger partial charge on any atom is 0.269 e. The Kier molecular flexibility index (Phi) is 3.94. The summed E-state index contributed by atoms with van der Waals surface area (Å²) < 4.78 is 12.8. The fourth-order valence-corrected chi connectivity index (χ4v) is 4.01. The van der Waals surface area contributed by atoms with E-state index in [1.54, 1.807) is 18.4 Å². The van der Waals surface area contributed by atoms with Crippen LogP contribution in [0.3, 0.4) is 0 Å². The zero-order chi connectivity index (χ0) is 19.3. The summed E-state index contributed by atoms with van der Waals surface area (Å²) >= 11 is 3.53. The molecule has 0 N–H and O–H groups in total. The maximum atomic E-state index is 11.0. The Bertz CT molecular complexity index is 1080. The van der Waals surface area contributed by atoms with Crippen molar-refractivity contribution in [2.75, 3.05) is 0 Å². The molecule has 28 heavy (non-hydrogen) atoms. The van der Waals surface area contributed by atoms with Crippen LogP contribution in [0.4, 0.5) is 5.69 Å². The Morgan fingerprint density at radius 3 is 2.71 bits per heavy atom. The predicted molar refractivity (Wildman–Crippen MR) is 105 cm³/mol. The van der Waals surface area contributed by atoms with Gasteiger partial charge in [-0.1, -0.05) is 15.9 Å². The van der Waals surface area contributed by atoms with Crippen LogP contribution in [-0.2, 0) is 0 Å². The molecule has 0 spiro atoms. The second-order valence-corrected chi connectivity index (χ2v) is 7.54. The molecule has 8 heteroatoms. The second-order valence-electron chi connectivity index (χ2n) is 6.62. The van der Waals surface area contributed by atoms with Gasteiger partial charge in [-0.25, -0.2) is 5.01 Å². The van der Waals surface area contributed by atoms with Crippen molar-refractivity contribution in [3.63, 3.8) is 0 Å². The smallest absolute Gasteiger partial charge is 0.269 e. The highest BCUT2D eigenvalue weighted by Gasteiger charge is 2.41. The highest BCUT2D eigenvalue weighted by atomic mass is 79.9. The predicted octanol–water partition coefficient (Wildman–Crippen LogP) is 5.19. The van der Waals surface area contributed by atoms with Gasteiger partial charge in [-0.2, -0.15) is 5.10 Å². The number of hydrogen-bond acceptors (Lipinski definition) is 6. The Balaban J connectivity index is 1.58. The zero-order valence-electron chi connectivity index (χ0n) is 14.5. The van der Waals surface area contributed by atoms with E-state index < -0.39 is 11.2 Å². The summed E-state index contributed by atoms with van der Waals surface area (Å²) in [6, 6.07) is 16.0. The topological polar surface area (TPSA) is 81.1 Å². The minimum Gasteiger partial charge on any atom is -0.464 e. The lowest BCUT2D eigenvalue weighted by Gasteiger charge is -2.38. The van der Waals surface area contributed by atoms with Gasteiger partial charge in [0, 0.05) is 34.2 Å². The molecule has 140 valence electrons. The largest absolute Gasteiger partial charge is 0.464 e. The lowest BCUT2D eigenvalue weighted by molar-refractivity contribution is -0.384. The average molecular weight is 440 g/mol. The van der Waals surface area contributed by atoms with Gasteiger partial charge in [0.25, 0.3) is 5.69 Å². The van der Waals surface area contributed by atoms with Crippen LogP contribution in [0.5, 0.6) is 5.75 Å². The van der Waals surface area contributed by atoms with E-state index in [0.717, 1.165) is 32.8 Å². The molecule has 0 aliphatic carbocycles. The molecule has 2 aliphatic heterocycles. The number of benzene rings is 2. The summed E-state index contributed by atoms with van der Waals surface area (Å²) in [7, 11) is 0. The molecule has 0 bridgehead atoms. The van der Waals surface area contributed by atoms with E-state index >= 15 is 0 Å². The Hall–Kier alpha value is -3.13. The number of halogens is 1. The third-order valence-electron chi connectivity index (χ3n) is 4.95. The molecule has 0 saturated carbocycles. The summed E-state index contributed by atoms with van der Waals surface area (Å²) in [5, 5.41) is 17.7. The first-order chi connectivity index (χ1) is 13.6. The van der Waals surface area contributed by atoms with E-state index in [9.17, 15) is 10.1 Å².